The first kappa shape index (κ1) is 14.3. The molecule has 4 aliphatic rings. The van der Waals surface area contributed by atoms with Crippen molar-refractivity contribution in [2.75, 3.05) is 0 Å². The summed E-state index contributed by atoms with van der Waals surface area (Å²) < 4.78 is 5.39. The second-order valence-electron chi connectivity index (χ2n) is 8.99. The van der Waals surface area contributed by atoms with E-state index in [0.717, 1.165) is 30.4 Å². The molecular formula is C20H27NO2. The van der Waals surface area contributed by atoms with E-state index in [9.17, 15) is 5.11 Å². The molecule has 3 saturated carbocycles. The molecule has 5 rings (SSSR count). The molecule has 23 heavy (non-hydrogen) atoms. The highest BCUT2D eigenvalue weighted by atomic mass is 16.5. The van der Waals surface area contributed by atoms with Crippen molar-refractivity contribution in [3.05, 3.63) is 23.1 Å². The van der Waals surface area contributed by atoms with Crippen molar-refractivity contribution >= 4 is 6.08 Å². The van der Waals surface area contributed by atoms with Crippen molar-refractivity contribution in [2.24, 2.45) is 29.1 Å². The standard InChI is InChI=1S/C20H27NO2/c1-19-7-5-14-15(17(19)6-8-20(19,2)22)4-3-12-10-18-13(9-16(12)14)11-21-23-18/h10-11,14-17,22H,3-9H2,1-2H3/t14-,15+,16-,17-,19-,20-/m0/s1. The fourth-order valence-electron chi connectivity index (χ4n) is 6.68. The molecule has 0 bridgehead atoms. The summed E-state index contributed by atoms with van der Waals surface area (Å²) >= 11 is 0. The van der Waals surface area contributed by atoms with Gasteiger partial charge in [0, 0.05) is 5.56 Å². The van der Waals surface area contributed by atoms with E-state index in [0.29, 0.717) is 11.8 Å². The van der Waals surface area contributed by atoms with E-state index >= 15 is 0 Å². The van der Waals surface area contributed by atoms with Gasteiger partial charge in [-0.3, -0.25) is 0 Å². The van der Waals surface area contributed by atoms with Crippen LogP contribution in [0.3, 0.4) is 0 Å². The third kappa shape index (κ3) is 1.77. The van der Waals surface area contributed by atoms with Crippen molar-refractivity contribution in [1.82, 2.24) is 5.16 Å². The molecule has 0 radical (unpaired) electrons. The van der Waals surface area contributed by atoms with Crippen LogP contribution in [0.2, 0.25) is 0 Å². The molecule has 0 aromatic carbocycles. The van der Waals surface area contributed by atoms with Crippen LogP contribution in [0.1, 0.15) is 63.7 Å². The molecule has 3 nitrogen and oxygen atoms in total. The smallest absolute Gasteiger partial charge is 0.162 e. The Labute approximate surface area is 138 Å². The van der Waals surface area contributed by atoms with E-state index in [2.05, 4.69) is 25.1 Å². The summed E-state index contributed by atoms with van der Waals surface area (Å²) in [6.07, 6.45) is 12.5. The van der Waals surface area contributed by atoms with Crippen LogP contribution >= 0.6 is 0 Å². The topological polar surface area (TPSA) is 46.3 Å². The van der Waals surface area contributed by atoms with Crippen LogP contribution in [-0.2, 0) is 6.42 Å². The van der Waals surface area contributed by atoms with Crippen LogP contribution in [-0.4, -0.2) is 15.9 Å². The Kier molecular flexibility index (Phi) is 2.79. The fourth-order valence-corrected chi connectivity index (χ4v) is 6.68. The van der Waals surface area contributed by atoms with Crippen molar-refractivity contribution in [3.8, 4) is 0 Å². The Morgan fingerprint density at radius 1 is 1.17 bits per heavy atom. The number of hydrogen-bond donors (Lipinski definition) is 1. The molecular weight excluding hydrogens is 286 g/mol. The quantitative estimate of drug-likeness (QED) is 0.780. The van der Waals surface area contributed by atoms with Crippen molar-refractivity contribution in [2.45, 2.75) is 64.4 Å². The van der Waals surface area contributed by atoms with Crippen molar-refractivity contribution in [1.29, 1.82) is 0 Å². The Morgan fingerprint density at radius 2 is 2.04 bits per heavy atom. The van der Waals surface area contributed by atoms with E-state index in [1.807, 2.05) is 6.20 Å². The number of fused-ring (bicyclic) bond motifs is 6. The van der Waals surface area contributed by atoms with Gasteiger partial charge in [-0.25, -0.2) is 0 Å². The molecule has 0 amide bonds. The fraction of sp³-hybridized carbons (Fsp3) is 0.750. The average Bonchev–Trinajstić information content (AvgIpc) is 3.07. The highest BCUT2D eigenvalue weighted by molar-refractivity contribution is 5.55. The monoisotopic (exact) mass is 313 g/mol. The minimum Gasteiger partial charge on any atom is -0.390 e. The predicted molar refractivity (Wildman–Crippen MR) is 88.6 cm³/mol. The number of rotatable bonds is 0. The van der Waals surface area contributed by atoms with E-state index in [-0.39, 0.29) is 5.41 Å². The lowest BCUT2D eigenvalue weighted by molar-refractivity contribution is -0.106. The molecule has 1 heterocycles. The SMILES string of the molecule is C[C@]1(O)CC[C@H]2[C@@H]3CCC4=Cc5oncc5C[C@@H]4[C@H]3CC[C@@]21C. The Morgan fingerprint density at radius 3 is 2.91 bits per heavy atom. The lowest BCUT2D eigenvalue weighted by Gasteiger charge is -2.55. The lowest BCUT2D eigenvalue weighted by atomic mass is 9.51. The molecule has 4 aliphatic carbocycles. The summed E-state index contributed by atoms with van der Waals surface area (Å²) in [5, 5.41) is 14.9. The minimum atomic E-state index is -0.465. The van der Waals surface area contributed by atoms with Crippen molar-refractivity contribution in [3.63, 3.8) is 0 Å². The molecule has 1 aromatic rings. The van der Waals surface area contributed by atoms with Gasteiger partial charge in [-0.1, -0.05) is 17.7 Å². The molecule has 124 valence electrons. The zero-order valence-corrected chi connectivity index (χ0v) is 14.2. The molecule has 0 spiro atoms. The van der Waals surface area contributed by atoms with Crippen LogP contribution < -0.4 is 0 Å². The van der Waals surface area contributed by atoms with Gasteiger partial charge in [-0.15, -0.1) is 0 Å². The normalized spacial score (nSPS) is 48.0. The maximum absolute atomic E-state index is 10.9. The summed E-state index contributed by atoms with van der Waals surface area (Å²) in [4.78, 5) is 0. The zero-order valence-electron chi connectivity index (χ0n) is 14.2. The van der Waals surface area contributed by atoms with E-state index in [4.69, 9.17) is 4.52 Å². The van der Waals surface area contributed by atoms with Gasteiger partial charge in [0.1, 0.15) is 0 Å². The number of aliphatic hydroxyl groups is 1. The number of hydrogen-bond acceptors (Lipinski definition) is 3. The Bertz CT molecular complexity index is 673. The second-order valence-corrected chi connectivity index (χ2v) is 8.99. The molecule has 0 unspecified atom stereocenters. The maximum atomic E-state index is 10.9. The molecule has 6 atom stereocenters. The zero-order chi connectivity index (χ0) is 15.8. The predicted octanol–water partition coefficient (Wildman–Crippen LogP) is 4.22. The first-order chi connectivity index (χ1) is 11.0. The molecule has 3 fully saturated rings. The molecule has 1 N–H and O–H groups in total. The van der Waals surface area contributed by atoms with Crippen LogP contribution in [0, 0.1) is 29.1 Å². The molecule has 1 aromatic heterocycles. The lowest BCUT2D eigenvalue weighted by Crippen LogP contribution is -2.51. The Hall–Kier alpha value is -1.09. The van der Waals surface area contributed by atoms with Gasteiger partial charge in [0.2, 0.25) is 0 Å². The number of allylic oxidation sites excluding steroid dienone is 1. The minimum absolute atomic E-state index is 0.131. The van der Waals surface area contributed by atoms with Gasteiger partial charge < -0.3 is 9.63 Å². The third-order valence-electron chi connectivity index (χ3n) is 8.25. The summed E-state index contributed by atoms with van der Waals surface area (Å²) in [6.45, 7) is 4.46. The first-order valence-electron chi connectivity index (χ1n) is 9.36. The van der Waals surface area contributed by atoms with E-state index in [1.165, 1.54) is 37.7 Å². The first-order valence-corrected chi connectivity index (χ1v) is 9.36. The molecule has 0 aliphatic heterocycles. The maximum Gasteiger partial charge on any atom is 0.162 e. The van der Waals surface area contributed by atoms with Crippen LogP contribution in [0.25, 0.3) is 6.08 Å². The van der Waals surface area contributed by atoms with Gasteiger partial charge in [-0.2, -0.15) is 0 Å². The van der Waals surface area contributed by atoms with Gasteiger partial charge in [-0.05, 0) is 87.0 Å². The van der Waals surface area contributed by atoms with Gasteiger partial charge >= 0.3 is 0 Å². The summed E-state index contributed by atoms with van der Waals surface area (Å²) in [5.41, 5.74) is 2.56. The second kappa shape index (κ2) is 4.50. The molecule has 3 heteroatoms. The highest BCUT2D eigenvalue weighted by Crippen LogP contribution is 2.64. The van der Waals surface area contributed by atoms with Crippen LogP contribution in [0.5, 0.6) is 0 Å². The third-order valence-corrected chi connectivity index (χ3v) is 8.25. The van der Waals surface area contributed by atoms with Crippen LogP contribution in [0.4, 0.5) is 0 Å². The van der Waals surface area contributed by atoms with E-state index in [1.54, 1.807) is 5.57 Å². The van der Waals surface area contributed by atoms with Gasteiger partial charge in [0.25, 0.3) is 0 Å². The van der Waals surface area contributed by atoms with Gasteiger partial charge in [0.15, 0.2) is 5.76 Å². The summed E-state index contributed by atoms with van der Waals surface area (Å²) in [6, 6.07) is 0. The largest absolute Gasteiger partial charge is 0.390 e. The highest BCUT2D eigenvalue weighted by Gasteiger charge is 2.60. The van der Waals surface area contributed by atoms with Gasteiger partial charge in [0.05, 0.1) is 11.8 Å². The molecule has 0 saturated heterocycles. The average molecular weight is 313 g/mol. The summed E-state index contributed by atoms with van der Waals surface area (Å²) in [7, 11) is 0. The Balaban J connectivity index is 1.48. The summed E-state index contributed by atoms with van der Waals surface area (Å²) in [5.74, 6) is 3.99. The van der Waals surface area contributed by atoms with Crippen molar-refractivity contribution < 1.29 is 9.63 Å². The van der Waals surface area contributed by atoms with E-state index < -0.39 is 5.60 Å². The number of aromatic nitrogens is 1. The van der Waals surface area contributed by atoms with Crippen LogP contribution in [0.15, 0.2) is 16.3 Å². The number of nitrogens with zero attached hydrogens (tertiary/aromatic N) is 1.